The molecule has 0 atom stereocenters. The average molecular weight is 707 g/mol. The molecule has 0 radical (unpaired) electrons. The number of hydrogen-bond donors (Lipinski definition) is 1. The molecule has 0 unspecified atom stereocenters. The number of halogens is 2. The van der Waals surface area contributed by atoms with Gasteiger partial charge in [0, 0.05) is 22.7 Å². The molecule has 1 aliphatic heterocycles. The van der Waals surface area contributed by atoms with Crippen LogP contribution in [0.2, 0.25) is 5.02 Å². The first-order chi connectivity index (χ1) is 22.1. The molecule has 5 rings (SSSR count). The van der Waals surface area contributed by atoms with Gasteiger partial charge in [-0.15, -0.1) is 0 Å². The summed E-state index contributed by atoms with van der Waals surface area (Å²) < 4.78 is 17.9. The van der Waals surface area contributed by atoms with Crippen molar-refractivity contribution < 1.29 is 33.5 Å². The van der Waals surface area contributed by atoms with E-state index in [4.69, 9.17) is 25.8 Å². The third kappa shape index (κ3) is 7.36. The minimum absolute atomic E-state index is 0.0165. The molecule has 11 nitrogen and oxygen atoms in total. The van der Waals surface area contributed by atoms with Gasteiger partial charge in [0.15, 0.2) is 11.5 Å². The van der Waals surface area contributed by atoms with E-state index >= 15 is 0 Å². The Labute approximate surface area is 276 Å². The van der Waals surface area contributed by atoms with E-state index in [-0.39, 0.29) is 36.8 Å². The molecule has 0 saturated carbocycles. The van der Waals surface area contributed by atoms with Gasteiger partial charge in [0.2, 0.25) is 0 Å². The van der Waals surface area contributed by atoms with E-state index in [1.165, 1.54) is 30.3 Å². The van der Waals surface area contributed by atoms with Gasteiger partial charge in [0.05, 0.1) is 21.7 Å². The molecule has 4 aromatic rings. The van der Waals surface area contributed by atoms with Gasteiger partial charge in [-0.05, 0) is 82.5 Å². The van der Waals surface area contributed by atoms with Crippen LogP contribution in [0.15, 0.2) is 95.0 Å². The average Bonchev–Trinajstić information content (AvgIpc) is 3.03. The summed E-state index contributed by atoms with van der Waals surface area (Å²) in [4.78, 5) is 50.5. The molecule has 1 aliphatic rings. The summed E-state index contributed by atoms with van der Waals surface area (Å²) in [7, 11) is 0. The molecular formula is C33H25BrClN3O8. The first-order valence-corrected chi connectivity index (χ1v) is 15.0. The molecule has 1 fully saturated rings. The number of urea groups is 1. The van der Waals surface area contributed by atoms with Crippen LogP contribution < -0.4 is 24.4 Å². The van der Waals surface area contributed by atoms with Crippen molar-refractivity contribution in [2.75, 3.05) is 11.5 Å². The molecule has 1 heterocycles. The number of non-ortho nitro benzene ring substituents is 1. The molecule has 0 bridgehead atoms. The lowest BCUT2D eigenvalue weighted by Crippen LogP contribution is -2.54. The van der Waals surface area contributed by atoms with Crippen LogP contribution in [0, 0.1) is 10.1 Å². The molecule has 4 aromatic carbocycles. The van der Waals surface area contributed by atoms with Crippen molar-refractivity contribution in [3.05, 3.63) is 127 Å². The molecule has 4 amide bonds. The quantitative estimate of drug-likeness (QED) is 0.0746. The van der Waals surface area contributed by atoms with Crippen molar-refractivity contribution in [2.45, 2.75) is 20.1 Å². The van der Waals surface area contributed by atoms with E-state index in [9.17, 15) is 24.5 Å². The fourth-order valence-corrected chi connectivity index (χ4v) is 5.28. The zero-order valence-electron chi connectivity index (χ0n) is 24.2. The fourth-order valence-electron chi connectivity index (χ4n) is 4.52. The Morgan fingerprint density at radius 2 is 1.70 bits per heavy atom. The van der Waals surface area contributed by atoms with Gasteiger partial charge < -0.3 is 14.2 Å². The van der Waals surface area contributed by atoms with E-state index in [1.54, 1.807) is 49.4 Å². The molecule has 1 N–H and O–H groups in total. The van der Waals surface area contributed by atoms with Gasteiger partial charge in [-0.1, -0.05) is 41.9 Å². The summed E-state index contributed by atoms with van der Waals surface area (Å²) in [6, 6.07) is 21.9. The summed E-state index contributed by atoms with van der Waals surface area (Å²) in [6.07, 6.45) is 1.34. The minimum Gasteiger partial charge on any atom is -0.490 e. The van der Waals surface area contributed by atoms with Gasteiger partial charge in [0.1, 0.15) is 24.5 Å². The normalized spacial score (nSPS) is 13.8. The SMILES string of the molecule is CCOc1cc(/C=C2\C(=O)NC(=O)N(c3ccc(OCc4ccccc4Cl)cc3)C2=O)cc(Br)c1OCc1cccc([N+](=O)[O-])c1. The second-order valence-corrected chi connectivity index (χ2v) is 11.1. The Bertz CT molecular complexity index is 1860. The van der Waals surface area contributed by atoms with E-state index in [1.807, 2.05) is 18.2 Å². The van der Waals surface area contributed by atoms with Crippen LogP contribution in [0.1, 0.15) is 23.6 Å². The fraction of sp³-hybridized carbons (Fsp3) is 0.121. The predicted molar refractivity (Wildman–Crippen MR) is 174 cm³/mol. The van der Waals surface area contributed by atoms with Crippen LogP contribution in [0.3, 0.4) is 0 Å². The van der Waals surface area contributed by atoms with Gasteiger partial charge in [-0.25, -0.2) is 9.69 Å². The summed E-state index contributed by atoms with van der Waals surface area (Å²) in [5.41, 5.74) is 1.67. The highest BCUT2D eigenvalue weighted by Crippen LogP contribution is 2.38. The number of nitrogens with one attached hydrogen (secondary N) is 1. The van der Waals surface area contributed by atoms with Crippen molar-refractivity contribution in [1.82, 2.24) is 5.32 Å². The molecule has 0 aliphatic carbocycles. The number of benzene rings is 4. The summed E-state index contributed by atoms with van der Waals surface area (Å²) in [5.74, 6) is -0.562. The highest BCUT2D eigenvalue weighted by Gasteiger charge is 2.37. The van der Waals surface area contributed by atoms with E-state index in [0.717, 1.165) is 10.5 Å². The monoisotopic (exact) mass is 705 g/mol. The first kappa shape index (κ1) is 32.2. The zero-order valence-corrected chi connectivity index (χ0v) is 26.5. The summed E-state index contributed by atoms with van der Waals surface area (Å²) >= 11 is 9.65. The lowest BCUT2D eigenvalue weighted by Gasteiger charge is -2.26. The molecule has 13 heteroatoms. The second kappa shape index (κ2) is 14.3. The molecule has 46 heavy (non-hydrogen) atoms. The Hall–Kier alpha value is -5.20. The topological polar surface area (TPSA) is 137 Å². The number of nitro benzene ring substituents is 1. The van der Waals surface area contributed by atoms with E-state index in [2.05, 4.69) is 21.2 Å². The smallest absolute Gasteiger partial charge is 0.335 e. The number of barbiturate groups is 1. The number of amides is 4. The number of nitro groups is 1. The van der Waals surface area contributed by atoms with Gasteiger partial charge in [0.25, 0.3) is 17.5 Å². The number of nitrogens with zero attached hydrogens (tertiary/aromatic N) is 2. The highest BCUT2D eigenvalue weighted by atomic mass is 79.9. The van der Waals surface area contributed by atoms with Gasteiger partial charge in [-0.3, -0.25) is 25.0 Å². The molecule has 1 saturated heterocycles. The van der Waals surface area contributed by atoms with Crippen molar-refractivity contribution >= 4 is 62.8 Å². The number of anilines is 1. The molecular weight excluding hydrogens is 682 g/mol. The van der Waals surface area contributed by atoms with Crippen LogP contribution in [0.5, 0.6) is 17.2 Å². The number of hydrogen-bond acceptors (Lipinski definition) is 8. The maximum absolute atomic E-state index is 13.5. The molecule has 0 spiro atoms. The Balaban J connectivity index is 1.36. The van der Waals surface area contributed by atoms with Crippen LogP contribution in [0.25, 0.3) is 6.08 Å². The second-order valence-electron chi connectivity index (χ2n) is 9.81. The van der Waals surface area contributed by atoms with Crippen molar-refractivity contribution in [2.24, 2.45) is 0 Å². The van der Waals surface area contributed by atoms with E-state index < -0.39 is 22.8 Å². The first-order valence-electron chi connectivity index (χ1n) is 13.8. The Morgan fingerprint density at radius 3 is 2.41 bits per heavy atom. The number of rotatable bonds is 11. The van der Waals surface area contributed by atoms with Gasteiger partial charge >= 0.3 is 6.03 Å². The minimum atomic E-state index is -0.891. The summed E-state index contributed by atoms with van der Waals surface area (Å²) in [6.45, 7) is 2.29. The predicted octanol–water partition coefficient (Wildman–Crippen LogP) is 7.23. The van der Waals surface area contributed by atoms with Crippen molar-refractivity contribution in [3.63, 3.8) is 0 Å². The number of ether oxygens (including phenoxy) is 3. The zero-order chi connectivity index (χ0) is 32.8. The highest BCUT2D eigenvalue weighted by molar-refractivity contribution is 9.10. The number of imide groups is 2. The lowest BCUT2D eigenvalue weighted by atomic mass is 10.1. The third-order valence-electron chi connectivity index (χ3n) is 6.70. The third-order valence-corrected chi connectivity index (χ3v) is 7.65. The molecule has 0 aromatic heterocycles. The maximum atomic E-state index is 13.5. The lowest BCUT2D eigenvalue weighted by molar-refractivity contribution is -0.384. The Morgan fingerprint density at radius 1 is 0.935 bits per heavy atom. The van der Waals surface area contributed by atoms with Crippen LogP contribution in [-0.2, 0) is 22.8 Å². The van der Waals surface area contributed by atoms with Crippen molar-refractivity contribution in [1.29, 1.82) is 0 Å². The van der Waals surface area contributed by atoms with Crippen LogP contribution >= 0.6 is 27.5 Å². The molecule has 234 valence electrons. The largest absolute Gasteiger partial charge is 0.490 e. The number of carbonyl (C=O) groups is 3. The number of carbonyl (C=O) groups excluding carboxylic acids is 3. The summed E-state index contributed by atoms with van der Waals surface area (Å²) in [5, 5.41) is 13.9. The van der Waals surface area contributed by atoms with Crippen LogP contribution in [0.4, 0.5) is 16.2 Å². The maximum Gasteiger partial charge on any atom is 0.335 e. The van der Waals surface area contributed by atoms with Crippen LogP contribution in [-0.4, -0.2) is 29.4 Å². The van der Waals surface area contributed by atoms with E-state index in [0.29, 0.717) is 37.9 Å². The van der Waals surface area contributed by atoms with Crippen molar-refractivity contribution in [3.8, 4) is 17.2 Å². The van der Waals surface area contributed by atoms with Gasteiger partial charge in [-0.2, -0.15) is 0 Å². The Kier molecular flexibility index (Phi) is 9.99. The standard InChI is InChI=1S/C33H25BrClN3O8/c1-2-44-29-17-21(16-27(34)30(29)46-18-20-6-5-8-24(14-20)38(42)43)15-26-31(39)36-33(41)37(32(26)40)23-10-12-25(13-11-23)45-19-22-7-3-4-9-28(22)35/h3-17H,2,18-19H2,1H3,(H,36,39,41)/b26-15+.